The highest BCUT2D eigenvalue weighted by atomic mass is 19.2. The quantitative estimate of drug-likeness (QED) is 0.466. The van der Waals surface area contributed by atoms with E-state index in [4.69, 9.17) is 5.73 Å². The van der Waals surface area contributed by atoms with E-state index < -0.39 is 28.8 Å². The van der Waals surface area contributed by atoms with Crippen molar-refractivity contribution in [3.8, 4) is 11.3 Å². The van der Waals surface area contributed by atoms with Crippen molar-refractivity contribution in [1.82, 2.24) is 5.16 Å². The standard InChI is InChI=1S/C9H4F4N2O/c10-4-1-3(5-2-6(14)15-16-5)7(11)9(13)8(4)12/h1-2H,(H2,14,15). The third-order valence-corrected chi connectivity index (χ3v) is 1.90. The van der Waals surface area contributed by atoms with Crippen LogP contribution in [-0.2, 0) is 0 Å². The second kappa shape index (κ2) is 3.51. The van der Waals surface area contributed by atoms with Crippen molar-refractivity contribution in [1.29, 1.82) is 0 Å². The molecular formula is C9H4F4N2O. The fourth-order valence-electron chi connectivity index (χ4n) is 1.17. The molecule has 1 aromatic heterocycles. The van der Waals surface area contributed by atoms with Crippen LogP contribution in [0.4, 0.5) is 23.4 Å². The number of benzene rings is 1. The van der Waals surface area contributed by atoms with Crippen molar-refractivity contribution in [2.45, 2.75) is 0 Å². The minimum absolute atomic E-state index is 0.0838. The van der Waals surface area contributed by atoms with Gasteiger partial charge in [-0.05, 0) is 6.07 Å². The molecule has 2 rings (SSSR count). The maximum absolute atomic E-state index is 13.2. The van der Waals surface area contributed by atoms with E-state index >= 15 is 0 Å². The Bertz CT molecular complexity index is 553. The zero-order valence-corrected chi connectivity index (χ0v) is 7.60. The zero-order chi connectivity index (χ0) is 11.9. The summed E-state index contributed by atoms with van der Waals surface area (Å²) in [7, 11) is 0. The number of nitrogen functional groups attached to an aromatic ring is 1. The molecule has 0 fully saturated rings. The Kier molecular flexibility index (Phi) is 2.30. The second-order valence-electron chi connectivity index (χ2n) is 2.96. The van der Waals surface area contributed by atoms with E-state index in [2.05, 4.69) is 9.68 Å². The van der Waals surface area contributed by atoms with Crippen LogP contribution in [0.25, 0.3) is 11.3 Å². The van der Waals surface area contributed by atoms with Crippen molar-refractivity contribution in [2.24, 2.45) is 0 Å². The van der Waals surface area contributed by atoms with Crippen molar-refractivity contribution < 1.29 is 22.1 Å². The Morgan fingerprint density at radius 2 is 1.69 bits per heavy atom. The Balaban J connectivity index is 2.66. The van der Waals surface area contributed by atoms with E-state index in [1.54, 1.807) is 0 Å². The summed E-state index contributed by atoms with van der Waals surface area (Å²) in [5.74, 6) is -7.25. The number of aromatic nitrogens is 1. The van der Waals surface area contributed by atoms with Crippen LogP contribution in [0.5, 0.6) is 0 Å². The Morgan fingerprint density at radius 3 is 2.25 bits per heavy atom. The molecule has 1 aromatic carbocycles. The maximum atomic E-state index is 13.2. The van der Waals surface area contributed by atoms with Gasteiger partial charge in [0, 0.05) is 6.07 Å². The van der Waals surface area contributed by atoms with Gasteiger partial charge in [0.05, 0.1) is 5.56 Å². The number of hydrogen-bond acceptors (Lipinski definition) is 3. The number of rotatable bonds is 1. The van der Waals surface area contributed by atoms with Gasteiger partial charge in [0.1, 0.15) is 0 Å². The Hall–Kier alpha value is -2.05. The number of halogens is 4. The van der Waals surface area contributed by atoms with Gasteiger partial charge >= 0.3 is 0 Å². The average molecular weight is 232 g/mol. The lowest BCUT2D eigenvalue weighted by atomic mass is 10.1. The molecule has 0 saturated heterocycles. The van der Waals surface area contributed by atoms with Gasteiger partial charge in [0.15, 0.2) is 34.8 Å². The first-order valence-electron chi connectivity index (χ1n) is 4.06. The molecule has 2 aromatic rings. The SMILES string of the molecule is Nc1cc(-c2cc(F)c(F)c(F)c2F)on1. The number of nitrogens with zero attached hydrogens (tertiary/aromatic N) is 1. The second-order valence-corrected chi connectivity index (χ2v) is 2.96. The highest BCUT2D eigenvalue weighted by Crippen LogP contribution is 2.28. The zero-order valence-electron chi connectivity index (χ0n) is 7.60. The van der Waals surface area contributed by atoms with E-state index in [1.807, 2.05) is 0 Å². The van der Waals surface area contributed by atoms with Crippen LogP contribution in [-0.4, -0.2) is 5.16 Å². The minimum Gasteiger partial charge on any atom is -0.381 e. The summed E-state index contributed by atoms with van der Waals surface area (Å²) in [6, 6.07) is 1.53. The molecule has 0 radical (unpaired) electrons. The van der Waals surface area contributed by atoms with Crippen molar-refractivity contribution in [2.75, 3.05) is 5.73 Å². The lowest BCUT2D eigenvalue weighted by Gasteiger charge is -2.01. The van der Waals surface area contributed by atoms with Crippen molar-refractivity contribution >= 4 is 5.82 Å². The van der Waals surface area contributed by atoms with Crippen LogP contribution in [0, 0.1) is 23.3 Å². The van der Waals surface area contributed by atoms with Gasteiger partial charge in [-0.1, -0.05) is 5.16 Å². The summed E-state index contributed by atoms with van der Waals surface area (Å²) in [5, 5.41) is 3.21. The van der Waals surface area contributed by atoms with Crippen LogP contribution in [0.15, 0.2) is 16.7 Å². The van der Waals surface area contributed by atoms with E-state index in [9.17, 15) is 17.6 Å². The molecular weight excluding hydrogens is 228 g/mol. The third-order valence-electron chi connectivity index (χ3n) is 1.90. The molecule has 0 amide bonds. The molecule has 2 N–H and O–H groups in total. The number of hydrogen-bond donors (Lipinski definition) is 1. The van der Waals surface area contributed by atoms with E-state index in [1.165, 1.54) is 0 Å². The monoisotopic (exact) mass is 232 g/mol. The topological polar surface area (TPSA) is 52.0 Å². The van der Waals surface area contributed by atoms with Gasteiger partial charge in [0.2, 0.25) is 0 Å². The maximum Gasteiger partial charge on any atom is 0.198 e. The predicted molar refractivity (Wildman–Crippen MR) is 46.2 cm³/mol. The summed E-state index contributed by atoms with van der Waals surface area (Å²) in [6.45, 7) is 0. The first-order valence-corrected chi connectivity index (χ1v) is 4.06. The number of anilines is 1. The molecule has 0 aliphatic rings. The van der Waals surface area contributed by atoms with Crippen molar-refractivity contribution in [3.63, 3.8) is 0 Å². The molecule has 7 heteroatoms. The van der Waals surface area contributed by atoms with Crippen molar-refractivity contribution in [3.05, 3.63) is 35.4 Å². The highest BCUT2D eigenvalue weighted by Gasteiger charge is 2.21. The van der Waals surface area contributed by atoms with Crippen LogP contribution in [0.2, 0.25) is 0 Å². The summed E-state index contributed by atoms with van der Waals surface area (Å²) in [5.41, 5.74) is 4.60. The molecule has 84 valence electrons. The summed E-state index contributed by atoms with van der Waals surface area (Å²) >= 11 is 0. The fourth-order valence-corrected chi connectivity index (χ4v) is 1.17. The summed E-state index contributed by atoms with van der Waals surface area (Å²) in [4.78, 5) is 0. The van der Waals surface area contributed by atoms with Gasteiger partial charge in [0.25, 0.3) is 0 Å². The minimum atomic E-state index is -1.91. The third kappa shape index (κ3) is 1.50. The first kappa shape index (κ1) is 10.5. The molecule has 1 heterocycles. The Labute approximate surface area is 86.5 Å². The number of nitrogens with two attached hydrogens (primary N) is 1. The molecule has 0 aliphatic heterocycles. The molecule has 0 unspecified atom stereocenters. The van der Waals surface area contributed by atoms with Gasteiger partial charge in [-0.2, -0.15) is 0 Å². The average Bonchev–Trinajstić information content (AvgIpc) is 2.67. The smallest absolute Gasteiger partial charge is 0.198 e. The normalized spacial score (nSPS) is 10.8. The molecule has 0 atom stereocenters. The van der Waals surface area contributed by atoms with Crippen LogP contribution in [0.1, 0.15) is 0 Å². The van der Waals surface area contributed by atoms with Crippen LogP contribution in [0.3, 0.4) is 0 Å². The van der Waals surface area contributed by atoms with Gasteiger partial charge in [-0.15, -0.1) is 0 Å². The van der Waals surface area contributed by atoms with Gasteiger partial charge in [-0.25, -0.2) is 17.6 Å². The van der Waals surface area contributed by atoms with Gasteiger partial charge in [-0.3, -0.25) is 0 Å². The predicted octanol–water partition coefficient (Wildman–Crippen LogP) is 2.48. The molecule has 0 aliphatic carbocycles. The summed E-state index contributed by atoms with van der Waals surface area (Å²) < 4.78 is 56.1. The van der Waals surface area contributed by atoms with Crippen LogP contribution < -0.4 is 5.73 Å². The highest BCUT2D eigenvalue weighted by molar-refractivity contribution is 5.61. The molecule has 16 heavy (non-hydrogen) atoms. The van der Waals surface area contributed by atoms with E-state index in [-0.39, 0.29) is 11.6 Å². The fraction of sp³-hybridized carbons (Fsp3) is 0. The van der Waals surface area contributed by atoms with E-state index in [0.717, 1.165) is 6.07 Å². The molecule has 3 nitrogen and oxygen atoms in total. The van der Waals surface area contributed by atoms with Gasteiger partial charge < -0.3 is 10.3 Å². The Morgan fingerprint density at radius 1 is 1.00 bits per heavy atom. The lowest BCUT2D eigenvalue weighted by molar-refractivity contribution is 0.402. The lowest BCUT2D eigenvalue weighted by Crippen LogP contribution is -1.97. The van der Waals surface area contributed by atoms with Crippen LogP contribution >= 0.6 is 0 Å². The van der Waals surface area contributed by atoms with E-state index in [0.29, 0.717) is 6.07 Å². The largest absolute Gasteiger partial charge is 0.381 e. The summed E-state index contributed by atoms with van der Waals surface area (Å²) in [6.07, 6.45) is 0. The molecule has 0 spiro atoms. The first-order chi connectivity index (χ1) is 7.50. The molecule has 0 saturated carbocycles. The molecule has 0 bridgehead atoms.